The van der Waals surface area contributed by atoms with Crippen molar-refractivity contribution in [3.05, 3.63) is 87.8 Å². The van der Waals surface area contributed by atoms with E-state index < -0.39 is 21.3 Å². The van der Waals surface area contributed by atoms with Crippen LogP contribution in [0, 0.1) is 6.92 Å². The van der Waals surface area contributed by atoms with Crippen LogP contribution in [0.25, 0.3) is 6.08 Å². The summed E-state index contributed by atoms with van der Waals surface area (Å²) in [4.78, 5) is 26.5. The summed E-state index contributed by atoms with van der Waals surface area (Å²) in [6.45, 7) is 2.20. The van der Waals surface area contributed by atoms with Gasteiger partial charge in [0.05, 0.1) is 18.6 Å². The third kappa shape index (κ3) is 6.46. The molecular weight excluding hydrogens is 538 g/mol. The average Bonchev–Trinajstić information content (AvgIpc) is 3.13. The zero-order valence-electron chi connectivity index (χ0n) is 19.8. The van der Waals surface area contributed by atoms with Gasteiger partial charge in [0.25, 0.3) is 11.1 Å². The third-order valence-corrected chi connectivity index (χ3v) is 7.67. The molecule has 0 aromatic heterocycles. The summed E-state index contributed by atoms with van der Waals surface area (Å²) in [5, 5.41) is -0.0340. The molecule has 0 unspecified atom stereocenters. The van der Waals surface area contributed by atoms with Crippen LogP contribution in [-0.2, 0) is 14.9 Å². The molecule has 1 aliphatic heterocycles. The van der Waals surface area contributed by atoms with E-state index in [9.17, 15) is 18.0 Å². The first-order valence-electron chi connectivity index (χ1n) is 11.0. The van der Waals surface area contributed by atoms with E-state index in [1.807, 2.05) is 31.2 Å². The fourth-order valence-electron chi connectivity index (χ4n) is 3.35. The van der Waals surface area contributed by atoms with Crippen LogP contribution in [0.2, 0.25) is 5.02 Å². The highest BCUT2D eigenvalue weighted by Crippen LogP contribution is 2.35. The van der Waals surface area contributed by atoms with Gasteiger partial charge in [-0.05, 0) is 78.9 Å². The molecule has 37 heavy (non-hydrogen) atoms. The predicted octanol–water partition coefficient (Wildman–Crippen LogP) is 5.54. The Kier molecular flexibility index (Phi) is 8.11. The third-order valence-electron chi connectivity index (χ3n) is 5.27. The number of nitrogens with zero attached hydrogens (tertiary/aromatic N) is 1. The molecule has 1 saturated heterocycles. The van der Waals surface area contributed by atoms with Gasteiger partial charge in [0.2, 0.25) is 0 Å². The number of aryl methyl sites for hydroxylation is 1. The van der Waals surface area contributed by atoms with E-state index in [4.69, 9.17) is 25.3 Å². The van der Waals surface area contributed by atoms with Gasteiger partial charge in [-0.3, -0.25) is 14.5 Å². The van der Waals surface area contributed by atoms with Gasteiger partial charge >= 0.3 is 10.1 Å². The second kappa shape index (κ2) is 11.3. The lowest BCUT2D eigenvalue weighted by Gasteiger charge is -2.13. The second-order valence-corrected chi connectivity index (χ2v) is 10.9. The fraction of sp³-hybridized carbons (Fsp3) is 0.154. The summed E-state index contributed by atoms with van der Waals surface area (Å²) in [6.07, 6.45) is 1.49. The molecule has 0 spiro atoms. The number of amides is 2. The van der Waals surface area contributed by atoms with E-state index in [0.717, 1.165) is 22.2 Å². The van der Waals surface area contributed by atoms with E-state index in [2.05, 4.69) is 0 Å². The molecule has 1 heterocycles. The molecule has 0 saturated carbocycles. The largest absolute Gasteiger partial charge is 0.493 e. The molecule has 2 amide bonds. The normalized spacial score (nSPS) is 14.8. The van der Waals surface area contributed by atoms with Crippen LogP contribution in [0.15, 0.2) is 76.5 Å². The summed E-state index contributed by atoms with van der Waals surface area (Å²) in [7, 11) is -2.80. The summed E-state index contributed by atoms with van der Waals surface area (Å²) < 4.78 is 41.7. The molecule has 8 nitrogen and oxygen atoms in total. The van der Waals surface area contributed by atoms with Gasteiger partial charge in [0.1, 0.15) is 17.3 Å². The van der Waals surface area contributed by atoms with Gasteiger partial charge in [0.15, 0.2) is 11.5 Å². The number of hydrogen-bond acceptors (Lipinski definition) is 8. The van der Waals surface area contributed by atoms with Gasteiger partial charge in [0, 0.05) is 5.02 Å². The second-order valence-electron chi connectivity index (χ2n) is 7.90. The summed E-state index contributed by atoms with van der Waals surface area (Å²) in [6, 6.07) is 17.5. The van der Waals surface area contributed by atoms with E-state index in [-0.39, 0.29) is 34.5 Å². The first-order valence-corrected chi connectivity index (χ1v) is 13.6. The van der Waals surface area contributed by atoms with Gasteiger partial charge < -0.3 is 13.7 Å². The Hall–Kier alpha value is -3.47. The van der Waals surface area contributed by atoms with Gasteiger partial charge in [-0.15, -0.1) is 0 Å². The molecule has 0 aliphatic carbocycles. The summed E-state index contributed by atoms with van der Waals surface area (Å²) in [5.74, 6) is 0.287. The zero-order chi connectivity index (χ0) is 26.6. The Bertz CT molecular complexity index is 1450. The molecule has 0 atom stereocenters. The number of thioether (sulfide) groups is 1. The molecule has 4 rings (SSSR count). The molecule has 1 aliphatic rings. The first kappa shape index (κ1) is 26.6. The van der Waals surface area contributed by atoms with Crippen molar-refractivity contribution < 1.29 is 31.7 Å². The van der Waals surface area contributed by atoms with Crippen LogP contribution >= 0.6 is 23.4 Å². The van der Waals surface area contributed by atoms with Crippen LogP contribution in [0.4, 0.5) is 4.79 Å². The summed E-state index contributed by atoms with van der Waals surface area (Å²) in [5.41, 5.74) is 1.54. The van der Waals surface area contributed by atoms with E-state index in [1.165, 1.54) is 49.6 Å². The maximum atomic E-state index is 12.9. The van der Waals surface area contributed by atoms with Crippen molar-refractivity contribution >= 4 is 50.7 Å². The number of imide groups is 1. The van der Waals surface area contributed by atoms with E-state index in [1.54, 1.807) is 6.07 Å². The zero-order valence-corrected chi connectivity index (χ0v) is 22.2. The highest BCUT2D eigenvalue weighted by Gasteiger charge is 2.35. The Morgan fingerprint density at radius 1 is 0.973 bits per heavy atom. The monoisotopic (exact) mass is 559 g/mol. The minimum atomic E-state index is -4.18. The molecule has 1 fully saturated rings. The highest BCUT2D eigenvalue weighted by atomic mass is 35.5. The van der Waals surface area contributed by atoms with Crippen molar-refractivity contribution in [3.8, 4) is 17.2 Å². The summed E-state index contributed by atoms with van der Waals surface area (Å²) >= 11 is 6.63. The number of ether oxygens (including phenoxy) is 2. The fourth-order valence-corrected chi connectivity index (χ4v) is 5.27. The molecule has 3 aromatic carbocycles. The van der Waals surface area contributed by atoms with Crippen molar-refractivity contribution in [2.75, 3.05) is 20.3 Å². The number of hydrogen-bond donors (Lipinski definition) is 0. The molecule has 0 radical (unpaired) electrons. The van der Waals surface area contributed by atoms with Crippen molar-refractivity contribution in [3.63, 3.8) is 0 Å². The Morgan fingerprint density at radius 2 is 1.68 bits per heavy atom. The van der Waals surface area contributed by atoms with Gasteiger partial charge in [-0.2, -0.15) is 8.42 Å². The van der Waals surface area contributed by atoms with Gasteiger partial charge in [-0.25, -0.2) is 0 Å². The molecule has 11 heteroatoms. The minimum Gasteiger partial charge on any atom is -0.493 e. The van der Waals surface area contributed by atoms with Crippen LogP contribution in [0.3, 0.4) is 0 Å². The van der Waals surface area contributed by atoms with E-state index in [0.29, 0.717) is 16.3 Å². The smallest absolute Gasteiger partial charge is 0.339 e. The van der Waals surface area contributed by atoms with Crippen LogP contribution < -0.4 is 13.7 Å². The maximum absolute atomic E-state index is 12.9. The SMILES string of the molecule is COc1ccc(/C=C2\SC(=O)N(CCOc3ccc(C)cc3)C2=O)cc1OS(=O)(=O)c1ccc(Cl)cc1. The van der Waals surface area contributed by atoms with Crippen LogP contribution in [-0.4, -0.2) is 44.7 Å². The highest BCUT2D eigenvalue weighted by molar-refractivity contribution is 8.18. The molecule has 0 N–H and O–H groups in total. The van der Waals surface area contributed by atoms with Crippen LogP contribution in [0.5, 0.6) is 17.2 Å². The van der Waals surface area contributed by atoms with Crippen LogP contribution in [0.1, 0.15) is 11.1 Å². The first-order chi connectivity index (χ1) is 17.7. The molecular formula is C26H22ClNO7S2. The van der Waals surface area contributed by atoms with Crippen molar-refractivity contribution in [2.45, 2.75) is 11.8 Å². The van der Waals surface area contributed by atoms with Gasteiger partial charge in [-0.1, -0.05) is 35.4 Å². The number of benzene rings is 3. The van der Waals surface area contributed by atoms with Crippen molar-refractivity contribution in [1.82, 2.24) is 4.90 Å². The number of halogens is 1. The lowest BCUT2D eigenvalue weighted by molar-refractivity contribution is -0.123. The average molecular weight is 560 g/mol. The Labute approximate surface area is 223 Å². The lowest BCUT2D eigenvalue weighted by atomic mass is 10.2. The quantitative estimate of drug-likeness (QED) is 0.249. The van der Waals surface area contributed by atoms with Crippen molar-refractivity contribution in [1.29, 1.82) is 0 Å². The minimum absolute atomic E-state index is 0.0723. The topological polar surface area (TPSA) is 99.2 Å². The Morgan fingerprint density at radius 3 is 2.35 bits per heavy atom. The lowest BCUT2D eigenvalue weighted by Crippen LogP contribution is -2.32. The predicted molar refractivity (Wildman–Crippen MR) is 142 cm³/mol. The molecule has 0 bridgehead atoms. The standard InChI is InChI=1S/C26H22ClNO7S2/c1-17-3-8-20(9-4-17)34-14-13-28-25(29)24(36-26(28)30)16-18-5-12-22(33-2)23(15-18)35-37(31,32)21-10-6-19(27)7-11-21/h3-12,15-16H,13-14H2,1-2H3/b24-16-. The number of methoxy groups -OCH3 is 1. The molecule has 192 valence electrons. The molecule has 3 aromatic rings. The number of carbonyl (C=O) groups excluding carboxylic acids is 2. The van der Waals surface area contributed by atoms with Crippen molar-refractivity contribution in [2.24, 2.45) is 0 Å². The maximum Gasteiger partial charge on any atom is 0.339 e. The number of rotatable bonds is 9. The van der Waals surface area contributed by atoms with E-state index >= 15 is 0 Å². The Balaban J connectivity index is 1.48. The number of carbonyl (C=O) groups is 2.